The third-order valence-corrected chi connectivity index (χ3v) is 7.71. The number of hydrogen-bond donors (Lipinski definition) is 0. The van der Waals surface area contributed by atoms with Crippen molar-refractivity contribution in [1.82, 2.24) is 0 Å². The van der Waals surface area contributed by atoms with Crippen LogP contribution < -0.4 is 0 Å². The molecule has 0 radical (unpaired) electrons. The molecule has 6 rings (SSSR count). The van der Waals surface area contributed by atoms with Gasteiger partial charge in [-0.05, 0) is 34.4 Å². The molecule has 0 bridgehead atoms. The molecule has 0 unspecified atom stereocenters. The van der Waals surface area contributed by atoms with Gasteiger partial charge in [-0.25, -0.2) is 0 Å². The molecule has 5 atom stereocenters. The van der Waals surface area contributed by atoms with Crippen LogP contribution in [-0.2, 0) is 50.1 Å². The first-order valence-corrected chi connectivity index (χ1v) is 15.1. The molecule has 226 valence electrons. The Kier molecular flexibility index (Phi) is 10.6. The largest absolute Gasteiger partial charge is 0.466 e. The summed E-state index contributed by atoms with van der Waals surface area (Å²) in [6.07, 6.45) is -0.813. The van der Waals surface area contributed by atoms with Gasteiger partial charge in [-0.1, -0.05) is 121 Å². The average molecular weight is 591 g/mol. The summed E-state index contributed by atoms with van der Waals surface area (Å²) in [4.78, 5) is 0. The van der Waals surface area contributed by atoms with Crippen LogP contribution in [0.1, 0.15) is 34.1 Å². The number of ether oxygens (including phenoxy) is 5. The van der Waals surface area contributed by atoms with Gasteiger partial charge in [0.05, 0.1) is 39.3 Å². The van der Waals surface area contributed by atoms with Gasteiger partial charge in [-0.3, -0.25) is 0 Å². The predicted molar refractivity (Wildman–Crippen MR) is 167 cm³/mol. The zero-order chi connectivity index (χ0) is 29.8. The van der Waals surface area contributed by atoms with Gasteiger partial charge in [0, 0.05) is 0 Å². The van der Waals surface area contributed by atoms with Crippen molar-refractivity contribution in [2.24, 2.45) is 0 Å². The molecular weight excluding hydrogens is 552 g/mol. The second-order valence-electron chi connectivity index (χ2n) is 10.9. The van der Waals surface area contributed by atoms with Gasteiger partial charge in [0.1, 0.15) is 36.3 Å². The van der Waals surface area contributed by atoms with Crippen molar-refractivity contribution in [3.8, 4) is 0 Å². The van der Waals surface area contributed by atoms with Crippen molar-refractivity contribution >= 4 is 0 Å². The maximum absolute atomic E-state index is 6.80. The van der Waals surface area contributed by atoms with Crippen LogP contribution in [0.2, 0.25) is 0 Å². The molecular formula is C38H38O6. The van der Waals surface area contributed by atoms with E-state index >= 15 is 0 Å². The molecule has 0 amide bonds. The van der Waals surface area contributed by atoms with Gasteiger partial charge in [0.2, 0.25) is 0 Å². The van der Waals surface area contributed by atoms with Crippen LogP contribution in [0, 0.1) is 0 Å². The first-order chi connectivity index (χ1) is 21.8. The quantitative estimate of drug-likeness (QED) is 0.132. The Balaban J connectivity index is 1.31. The Morgan fingerprint density at radius 3 is 1.39 bits per heavy atom. The first-order valence-electron chi connectivity index (χ1n) is 15.1. The Bertz CT molecular complexity index is 1480. The predicted octanol–water partition coefficient (Wildman–Crippen LogP) is 7.69. The van der Waals surface area contributed by atoms with Crippen LogP contribution in [0.15, 0.2) is 144 Å². The molecule has 5 aromatic rings. The van der Waals surface area contributed by atoms with E-state index in [1.165, 1.54) is 0 Å². The van der Waals surface area contributed by atoms with Gasteiger partial charge in [0.15, 0.2) is 0 Å². The smallest absolute Gasteiger partial charge is 0.144 e. The second-order valence-corrected chi connectivity index (χ2v) is 10.9. The van der Waals surface area contributed by atoms with E-state index in [-0.39, 0.29) is 0 Å². The molecule has 6 nitrogen and oxygen atoms in total. The van der Waals surface area contributed by atoms with Gasteiger partial charge < -0.3 is 28.1 Å². The lowest BCUT2D eigenvalue weighted by Gasteiger charge is -2.45. The summed E-state index contributed by atoms with van der Waals surface area (Å²) in [6, 6.07) is 44.3. The summed E-state index contributed by atoms with van der Waals surface area (Å²) in [7, 11) is 0. The van der Waals surface area contributed by atoms with E-state index in [0.29, 0.717) is 38.8 Å². The molecule has 0 saturated carbocycles. The fraction of sp³-hybridized carbons (Fsp3) is 0.263. The van der Waals surface area contributed by atoms with Crippen LogP contribution in [0.5, 0.6) is 0 Å². The lowest BCUT2D eigenvalue weighted by Crippen LogP contribution is -2.58. The maximum Gasteiger partial charge on any atom is 0.144 e. The summed E-state index contributed by atoms with van der Waals surface area (Å²) >= 11 is 0. The zero-order valence-electron chi connectivity index (χ0n) is 24.7. The highest BCUT2D eigenvalue weighted by atomic mass is 16.6. The van der Waals surface area contributed by atoms with Gasteiger partial charge in [-0.2, -0.15) is 0 Å². The standard InChI is InChI=1S/C38H38O6/c1-5-14-29(15-6-1)24-39-28-34-35(41-25-30-16-7-2-8-17-30)37(42-26-31-18-9-3-10-19-31)38(36(44-34)33-22-13-23-40-33)43-27-32-20-11-4-12-21-32/h1-23,34-38H,24-28H2/t34-,35-,36-,37+,38+/m1/s1. The minimum atomic E-state index is -0.531. The monoisotopic (exact) mass is 590 g/mol. The van der Waals surface area contributed by atoms with Crippen molar-refractivity contribution in [1.29, 1.82) is 0 Å². The number of hydrogen-bond acceptors (Lipinski definition) is 6. The molecule has 1 saturated heterocycles. The van der Waals surface area contributed by atoms with Crippen molar-refractivity contribution in [2.45, 2.75) is 56.9 Å². The van der Waals surface area contributed by atoms with Crippen molar-refractivity contribution in [3.63, 3.8) is 0 Å². The van der Waals surface area contributed by atoms with E-state index in [1.54, 1.807) is 6.26 Å². The summed E-state index contributed by atoms with van der Waals surface area (Å²) < 4.78 is 39.1. The van der Waals surface area contributed by atoms with E-state index in [1.807, 2.05) is 84.9 Å². The normalized spacial score (nSPS) is 21.7. The lowest BCUT2D eigenvalue weighted by molar-refractivity contribution is -0.277. The topological polar surface area (TPSA) is 59.3 Å². The lowest BCUT2D eigenvalue weighted by atomic mass is 9.92. The van der Waals surface area contributed by atoms with Crippen LogP contribution >= 0.6 is 0 Å². The van der Waals surface area contributed by atoms with Crippen LogP contribution in [0.3, 0.4) is 0 Å². The Hall–Kier alpha value is -4.04. The average Bonchev–Trinajstić information content (AvgIpc) is 3.63. The summed E-state index contributed by atoms with van der Waals surface area (Å²) in [5.74, 6) is 0.672. The van der Waals surface area contributed by atoms with E-state index in [0.717, 1.165) is 22.3 Å². The SMILES string of the molecule is c1ccc(COC[C@H]2O[C@H](c3ccco3)[C@H](OCc3ccccc3)[C@@H](OCc3ccccc3)[C@@H]2OCc2ccccc2)cc1. The van der Waals surface area contributed by atoms with Crippen LogP contribution in [0.25, 0.3) is 0 Å². The van der Waals surface area contributed by atoms with Gasteiger partial charge in [0.25, 0.3) is 0 Å². The third-order valence-electron chi connectivity index (χ3n) is 7.71. The fourth-order valence-corrected chi connectivity index (χ4v) is 5.47. The highest BCUT2D eigenvalue weighted by Crippen LogP contribution is 2.38. The fourth-order valence-electron chi connectivity index (χ4n) is 5.47. The molecule has 1 fully saturated rings. The molecule has 6 heteroatoms. The minimum absolute atomic E-state index is 0.308. The van der Waals surface area contributed by atoms with E-state index in [9.17, 15) is 0 Å². The van der Waals surface area contributed by atoms with Crippen LogP contribution in [-0.4, -0.2) is 31.0 Å². The molecule has 1 aliphatic heterocycles. The first kappa shape index (κ1) is 30.0. The van der Waals surface area contributed by atoms with E-state index < -0.39 is 30.5 Å². The van der Waals surface area contributed by atoms with Crippen molar-refractivity contribution in [3.05, 3.63) is 168 Å². The molecule has 0 N–H and O–H groups in total. The zero-order valence-corrected chi connectivity index (χ0v) is 24.7. The Morgan fingerprint density at radius 1 is 0.455 bits per heavy atom. The van der Waals surface area contributed by atoms with E-state index in [4.69, 9.17) is 28.1 Å². The molecule has 1 aliphatic rings. The van der Waals surface area contributed by atoms with Crippen LogP contribution in [0.4, 0.5) is 0 Å². The van der Waals surface area contributed by atoms with Crippen molar-refractivity contribution in [2.75, 3.05) is 6.61 Å². The van der Waals surface area contributed by atoms with Gasteiger partial charge in [-0.15, -0.1) is 0 Å². The maximum atomic E-state index is 6.80. The minimum Gasteiger partial charge on any atom is -0.466 e. The van der Waals surface area contributed by atoms with Gasteiger partial charge >= 0.3 is 0 Å². The molecule has 0 aliphatic carbocycles. The number of furan rings is 1. The Morgan fingerprint density at radius 2 is 0.909 bits per heavy atom. The highest BCUT2D eigenvalue weighted by Gasteiger charge is 2.49. The number of benzene rings is 4. The summed E-state index contributed by atoms with van der Waals surface area (Å²) in [5, 5.41) is 0. The Labute approximate surface area is 259 Å². The third kappa shape index (κ3) is 8.11. The molecule has 44 heavy (non-hydrogen) atoms. The van der Waals surface area contributed by atoms with E-state index in [2.05, 4.69) is 48.5 Å². The molecule has 4 aromatic carbocycles. The molecule has 0 spiro atoms. The molecule has 1 aromatic heterocycles. The number of rotatable bonds is 14. The molecule has 2 heterocycles. The van der Waals surface area contributed by atoms with Crippen molar-refractivity contribution < 1.29 is 28.1 Å². The summed E-state index contributed by atoms with van der Waals surface area (Å²) in [6.45, 7) is 1.94. The summed E-state index contributed by atoms with van der Waals surface area (Å²) in [5.41, 5.74) is 4.28. The second kappa shape index (κ2) is 15.6. The highest BCUT2D eigenvalue weighted by molar-refractivity contribution is 5.17.